The second kappa shape index (κ2) is 3.63. The molecule has 1 aromatic carbocycles. The fourth-order valence-corrected chi connectivity index (χ4v) is 2.30. The highest BCUT2D eigenvalue weighted by Crippen LogP contribution is 2.38. The minimum absolute atomic E-state index is 0.162. The molecule has 1 aromatic rings. The predicted octanol–water partition coefficient (Wildman–Crippen LogP) is 2.73. The SMILES string of the molecule is CC1(C)COC(c2cc3c(cc2Br)OCO3)=N1. The molecule has 90 valence electrons. The first-order valence-electron chi connectivity index (χ1n) is 5.37. The van der Waals surface area contributed by atoms with Crippen LogP contribution in [0.3, 0.4) is 0 Å². The molecule has 0 saturated carbocycles. The summed E-state index contributed by atoms with van der Waals surface area (Å²) < 4.78 is 17.2. The van der Waals surface area contributed by atoms with Gasteiger partial charge in [-0.15, -0.1) is 0 Å². The van der Waals surface area contributed by atoms with Gasteiger partial charge in [0.1, 0.15) is 6.61 Å². The van der Waals surface area contributed by atoms with Gasteiger partial charge in [0, 0.05) is 4.47 Å². The van der Waals surface area contributed by atoms with Crippen LogP contribution in [0.4, 0.5) is 0 Å². The van der Waals surface area contributed by atoms with E-state index in [0.717, 1.165) is 21.5 Å². The number of nitrogens with zero attached hydrogens (tertiary/aromatic N) is 1. The zero-order valence-corrected chi connectivity index (χ0v) is 11.2. The third-order valence-electron chi connectivity index (χ3n) is 2.66. The average Bonchev–Trinajstić information content (AvgIpc) is 2.82. The van der Waals surface area contributed by atoms with Gasteiger partial charge in [0.25, 0.3) is 0 Å². The van der Waals surface area contributed by atoms with Gasteiger partial charge < -0.3 is 14.2 Å². The molecule has 17 heavy (non-hydrogen) atoms. The Morgan fingerprint density at radius 2 is 1.88 bits per heavy atom. The minimum Gasteiger partial charge on any atom is -0.475 e. The molecular weight excluding hydrogens is 286 g/mol. The van der Waals surface area contributed by atoms with Crippen molar-refractivity contribution in [1.82, 2.24) is 0 Å². The van der Waals surface area contributed by atoms with Gasteiger partial charge in [-0.05, 0) is 41.9 Å². The van der Waals surface area contributed by atoms with E-state index in [0.29, 0.717) is 12.5 Å². The molecule has 5 heteroatoms. The Morgan fingerprint density at radius 3 is 2.53 bits per heavy atom. The lowest BCUT2D eigenvalue weighted by molar-refractivity contribution is 0.174. The summed E-state index contributed by atoms with van der Waals surface area (Å²) in [5.74, 6) is 2.14. The van der Waals surface area contributed by atoms with Crippen molar-refractivity contribution in [1.29, 1.82) is 0 Å². The molecular formula is C12H12BrNO3. The maximum Gasteiger partial charge on any atom is 0.231 e. The number of aliphatic imine (C=N–C) groups is 1. The van der Waals surface area contributed by atoms with Gasteiger partial charge in [0.15, 0.2) is 11.5 Å². The van der Waals surface area contributed by atoms with Crippen LogP contribution in [0.1, 0.15) is 19.4 Å². The highest BCUT2D eigenvalue weighted by molar-refractivity contribution is 9.10. The van der Waals surface area contributed by atoms with Crippen molar-refractivity contribution in [3.63, 3.8) is 0 Å². The molecule has 0 unspecified atom stereocenters. The molecule has 0 amide bonds. The van der Waals surface area contributed by atoms with Crippen molar-refractivity contribution in [2.75, 3.05) is 13.4 Å². The third kappa shape index (κ3) is 1.88. The Kier molecular flexibility index (Phi) is 2.33. The fraction of sp³-hybridized carbons (Fsp3) is 0.417. The van der Waals surface area contributed by atoms with Crippen molar-refractivity contribution >= 4 is 21.8 Å². The van der Waals surface area contributed by atoms with E-state index >= 15 is 0 Å². The maximum absolute atomic E-state index is 5.62. The van der Waals surface area contributed by atoms with E-state index in [9.17, 15) is 0 Å². The Bertz CT molecular complexity index is 511. The smallest absolute Gasteiger partial charge is 0.231 e. The van der Waals surface area contributed by atoms with Gasteiger partial charge in [0.2, 0.25) is 12.7 Å². The van der Waals surface area contributed by atoms with Crippen LogP contribution in [-0.2, 0) is 4.74 Å². The van der Waals surface area contributed by atoms with Gasteiger partial charge in [-0.25, -0.2) is 4.99 Å². The second-order valence-electron chi connectivity index (χ2n) is 4.70. The molecule has 0 N–H and O–H groups in total. The summed E-state index contributed by atoms with van der Waals surface area (Å²) in [6.07, 6.45) is 0. The van der Waals surface area contributed by atoms with E-state index in [1.165, 1.54) is 0 Å². The summed E-state index contributed by atoms with van der Waals surface area (Å²) in [6, 6.07) is 3.78. The zero-order valence-electron chi connectivity index (χ0n) is 9.62. The van der Waals surface area contributed by atoms with Crippen molar-refractivity contribution in [2.45, 2.75) is 19.4 Å². The van der Waals surface area contributed by atoms with E-state index in [1.807, 2.05) is 26.0 Å². The lowest BCUT2D eigenvalue weighted by Crippen LogP contribution is -2.17. The van der Waals surface area contributed by atoms with Gasteiger partial charge in [0.05, 0.1) is 11.1 Å². The molecule has 0 spiro atoms. The lowest BCUT2D eigenvalue weighted by Gasteiger charge is -2.07. The van der Waals surface area contributed by atoms with E-state index in [1.54, 1.807) is 0 Å². The van der Waals surface area contributed by atoms with Crippen LogP contribution in [0, 0.1) is 0 Å². The first-order chi connectivity index (χ1) is 8.05. The first-order valence-corrected chi connectivity index (χ1v) is 6.17. The molecule has 0 aromatic heterocycles. The van der Waals surface area contributed by atoms with Crippen molar-refractivity contribution in [3.8, 4) is 11.5 Å². The summed E-state index contributed by atoms with van der Waals surface area (Å²) in [6.45, 7) is 4.95. The van der Waals surface area contributed by atoms with E-state index < -0.39 is 0 Å². The molecule has 0 radical (unpaired) electrons. The van der Waals surface area contributed by atoms with Crippen LogP contribution in [0.15, 0.2) is 21.6 Å². The van der Waals surface area contributed by atoms with Crippen LogP contribution in [0.5, 0.6) is 11.5 Å². The quantitative estimate of drug-likeness (QED) is 0.800. The highest BCUT2D eigenvalue weighted by Gasteiger charge is 2.29. The Morgan fingerprint density at radius 1 is 1.18 bits per heavy atom. The molecule has 0 saturated heterocycles. The molecule has 0 aliphatic carbocycles. The summed E-state index contributed by atoms with van der Waals surface area (Å²) in [5.41, 5.74) is 0.741. The van der Waals surface area contributed by atoms with E-state index in [4.69, 9.17) is 14.2 Å². The molecule has 4 nitrogen and oxygen atoms in total. The molecule has 2 aliphatic heterocycles. The number of fused-ring (bicyclic) bond motifs is 1. The Balaban J connectivity index is 2.05. The van der Waals surface area contributed by atoms with Crippen LogP contribution < -0.4 is 9.47 Å². The lowest BCUT2D eigenvalue weighted by atomic mass is 10.1. The maximum atomic E-state index is 5.62. The number of hydrogen-bond acceptors (Lipinski definition) is 4. The monoisotopic (exact) mass is 297 g/mol. The second-order valence-corrected chi connectivity index (χ2v) is 5.56. The summed E-state index contributed by atoms with van der Waals surface area (Å²) in [5, 5.41) is 0. The number of rotatable bonds is 1. The molecule has 0 atom stereocenters. The standard InChI is InChI=1S/C12H12BrNO3/c1-12(2)5-15-11(14-12)7-3-9-10(4-8(7)13)17-6-16-9/h3-4H,5-6H2,1-2H3. The molecule has 2 aliphatic rings. The van der Waals surface area contributed by atoms with Crippen molar-refractivity contribution < 1.29 is 14.2 Å². The van der Waals surface area contributed by atoms with Gasteiger partial charge in [-0.2, -0.15) is 0 Å². The Labute approximate surface area is 108 Å². The molecule has 2 heterocycles. The number of ether oxygens (including phenoxy) is 3. The van der Waals surface area contributed by atoms with Gasteiger partial charge in [-0.3, -0.25) is 0 Å². The van der Waals surface area contributed by atoms with E-state index in [2.05, 4.69) is 20.9 Å². The third-order valence-corrected chi connectivity index (χ3v) is 3.32. The summed E-state index contributed by atoms with van der Waals surface area (Å²) in [7, 11) is 0. The van der Waals surface area contributed by atoms with Crippen LogP contribution in [-0.4, -0.2) is 24.8 Å². The molecule has 0 fully saturated rings. The van der Waals surface area contributed by atoms with Crippen molar-refractivity contribution in [3.05, 3.63) is 22.2 Å². The van der Waals surface area contributed by atoms with E-state index in [-0.39, 0.29) is 12.3 Å². The average molecular weight is 298 g/mol. The highest BCUT2D eigenvalue weighted by atomic mass is 79.9. The van der Waals surface area contributed by atoms with Gasteiger partial charge >= 0.3 is 0 Å². The van der Waals surface area contributed by atoms with Crippen molar-refractivity contribution in [2.24, 2.45) is 4.99 Å². The fourth-order valence-electron chi connectivity index (χ4n) is 1.80. The Hall–Kier alpha value is -1.23. The van der Waals surface area contributed by atoms with Crippen LogP contribution >= 0.6 is 15.9 Å². The molecule has 0 bridgehead atoms. The topological polar surface area (TPSA) is 40.0 Å². The zero-order chi connectivity index (χ0) is 12.0. The number of benzene rings is 1. The van der Waals surface area contributed by atoms with Crippen LogP contribution in [0.25, 0.3) is 0 Å². The van der Waals surface area contributed by atoms with Crippen LogP contribution in [0.2, 0.25) is 0 Å². The molecule has 3 rings (SSSR count). The minimum atomic E-state index is -0.162. The summed E-state index contributed by atoms with van der Waals surface area (Å²) >= 11 is 3.50. The summed E-state index contributed by atoms with van der Waals surface area (Å²) in [4.78, 5) is 4.55. The van der Waals surface area contributed by atoms with Gasteiger partial charge in [-0.1, -0.05) is 0 Å². The predicted molar refractivity (Wildman–Crippen MR) is 66.8 cm³/mol. The number of hydrogen-bond donors (Lipinski definition) is 0. The first kappa shape index (κ1) is 10.9. The normalized spacial score (nSPS) is 20.1. The number of halogens is 1. The largest absolute Gasteiger partial charge is 0.475 e.